The van der Waals surface area contributed by atoms with E-state index in [0.29, 0.717) is 0 Å². The standard InChI is InChI=1S/C26H46N/c1-5-7-8-9-10-11-12-13-14-15-16-17-18-19-25-20-22-26(23-21-25)27(3,4)24-6-2/h6,20-23H,2,5,7-19,24H2,1,3-4H3/q+1. The molecule has 0 aliphatic heterocycles. The Morgan fingerprint density at radius 2 is 1.15 bits per heavy atom. The van der Waals surface area contributed by atoms with Crippen LogP contribution in [0.25, 0.3) is 0 Å². The van der Waals surface area contributed by atoms with Crippen molar-refractivity contribution >= 4 is 5.69 Å². The highest BCUT2D eigenvalue weighted by Gasteiger charge is 2.16. The van der Waals surface area contributed by atoms with Gasteiger partial charge in [-0.2, -0.15) is 0 Å². The van der Waals surface area contributed by atoms with Crippen LogP contribution in [0.4, 0.5) is 5.69 Å². The molecule has 0 spiro atoms. The Morgan fingerprint density at radius 3 is 1.59 bits per heavy atom. The van der Waals surface area contributed by atoms with Gasteiger partial charge in [-0.1, -0.05) is 103 Å². The van der Waals surface area contributed by atoms with E-state index in [0.717, 1.165) is 11.0 Å². The first kappa shape index (κ1) is 24.0. The first-order valence-corrected chi connectivity index (χ1v) is 11.6. The molecule has 1 aromatic rings. The molecule has 0 aromatic heterocycles. The Balaban J connectivity index is 2.00. The minimum absolute atomic E-state index is 0.878. The van der Waals surface area contributed by atoms with E-state index in [4.69, 9.17) is 0 Å². The summed E-state index contributed by atoms with van der Waals surface area (Å²) in [4.78, 5) is 0. The highest BCUT2D eigenvalue weighted by Crippen LogP contribution is 2.20. The molecule has 154 valence electrons. The van der Waals surface area contributed by atoms with Crippen molar-refractivity contribution in [3.05, 3.63) is 42.5 Å². The maximum atomic E-state index is 3.87. The van der Waals surface area contributed by atoms with Crippen molar-refractivity contribution in [1.82, 2.24) is 4.48 Å². The predicted octanol–water partition coefficient (Wildman–Crippen LogP) is 8.07. The van der Waals surface area contributed by atoms with Gasteiger partial charge in [-0.3, -0.25) is 4.48 Å². The molecular formula is C26H46N+. The molecule has 0 heterocycles. The average Bonchev–Trinajstić information content (AvgIpc) is 2.66. The van der Waals surface area contributed by atoms with Crippen LogP contribution in [0.1, 0.15) is 96.0 Å². The van der Waals surface area contributed by atoms with Gasteiger partial charge in [0.15, 0.2) is 0 Å². The lowest BCUT2D eigenvalue weighted by molar-refractivity contribution is 0.442. The molecule has 27 heavy (non-hydrogen) atoms. The topological polar surface area (TPSA) is 0 Å². The molecule has 0 atom stereocenters. The van der Waals surface area contributed by atoms with Crippen molar-refractivity contribution in [3.8, 4) is 0 Å². The number of likely N-dealkylation sites (N-methyl/N-ethyl adjacent to an activating group) is 1. The second-order valence-electron chi connectivity index (χ2n) is 8.82. The Bertz CT molecular complexity index is 471. The monoisotopic (exact) mass is 372 g/mol. The average molecular weight is 373 g/mol. The maximum Gasteiger partial charge on any atom is 0.132 e. The number of unbranched alkanes of at least 4 members (excludes halogenated alkanes) is 12. The Hall–Kier alpha value is -1.08. The molecule has 0 radical (unpaired) electrons. The van der Waals surface area contributed by atoms with E-state index >= 15 is 0 Å². The molecule has 0 aliphatic rings. The molecule has 0 N–H and O–H groups in total. The van der Waals surface area contributed by atoms with Gasteiger partial charge in [-0.15, -0.1) is 0 Å². The number of benzene rings is 1. The summed E-state index contributed by atoms with van der Waals surface area (Å²) in [6, 6.07) is 9.22. The van der Waals surface area contributed by atoms with E-state index in [2.05, 4.69) is 51.9 Å². The summed E-state index contributed by atoms with van der Waals surface area (Å²) in [5.74, 6) is 0. The van der Waals surface area contributed by atoms with Gasteiger partial charge in [-0.25, -0.2) is 0 Å². The fourth-order valence-corrected chi connectivity index (χ4v) is 3.84. The van der Waals surface area contributed by atoms with Crippen molar-refractivity contribution in [3.63, 3.8) is 0 Å². The second-order valence-corrected chi connectivity index (χ2v) is 8.82. The van der Waals surface area contributed by atoms with Gasteiger partial charge < -0.3 is 0 Å². The normalized spacial score (nSPS) is 11.7. The molecular weight excluding hydrogens is 326 g/mol. The van der Waals surface area contributed by atoms with Crippen molar-refractivity contribution in [1.29, 1.82) is 0 Å². The van der Waals surface area contributed by atoms with Crippen molar-refractivity contribution in [2.45, 2.75) is 96.8 Å². The first-order valence-electron chi connectivity index (χ1n) is 11.6. The molecule has 0 amide bonds. The van der Waals surface area contributed by atoms with E-state index in [1.807, 2.05) is 6.08 Å². The zero-order valence-corrected chi connectivity index (χ0v) is 18.6. The van der Waals surface area contributed by atoms with E-state index in [-0.39, 0.29) is 0 Å². The van der Waals surface area contributed by atoms with E-state index in [1.165, 1.54) is 101 Å². The van der Waals surface area contributed by atoms with Gasteiger partial charge in [0.25, 0.3) is 0 Å². The molecule has 1 nitrogen and oxygen atoms in total. The summed E-state index contributed by atoms with van der Waals surface area (Å²) in [6.07, 6.45) is 21.8. The van der Waals surface area contributed by atoms with Crippen LogP contribution in [0.2, 0.25) is 0 Å². The minimum Gasteiger partial charge on any atom is -0.293 e. The molecule has 0 fully saturated rings. The van der Waals surface area contributed by atoms with Crippen LogP contribution in [-0.2, 0) is 6.42 Å². The van der Waals surface area contributed by atoms with E-state index in [9.17, 15) is 0 Å². The Labute approximate surface area is 170 Å². The number of rotatable bonds is 17. The van der Waals surface area contributed by atoms with Crippen molar-refractivity contribution < 1.29 is 0 Å². The highest BCUT2D eigenvalue weighted by molar-refractivity contribution is 5.43. The second kappa shape index (κ2) is 14.9. The fraction of sp³-hybridized carbons (Fsp3) is 0.692. The van der Waals surface area contributed by atoms with Crippen LogP contribution < -0.4 is 4.48 Å². The van der Waals surface area contributed by atoms with Crippen LogP contribution >= 0.6 is 0 Å². The Kier molecular flexibility index (Phi) is 13.2. The third kappa shape index (κ3) is 11.4. The fourth-order valence-electron chi connectivity index (χ4n) is 3.84. The largest absolute Gasteiger partial charge is 0.293 e. The number of aryl methyl sites for hydroxylation is 1. The zero-order valence-electron chi connectivity index (χ0n) is 18.6. The summed E-state index contributed by atoms with van der Waals surface area (Å²) >= 11 is 0. The lowest BCUT2D eigenvalue weighted by Crippen LogP contribution is -2.40. The number of quaternary nitrogens is 1. The number of nitrogens with zero attached hydrogens (tertiary/aromatic N) is 1. The third-order valence-electron chi connectivity index (χ3n) is 5.79. The highest BCUT2D eigenvalue weighted by atomic mass is 15.3. The molecule has 1 rings (SSSR count). The van der Waals surface area contributed by atoms with Gasteiger partial charge in [0.05, 0.1) is 14.1 Å². The molecule has 0 bridgehead atoms. The zero-order chi connectivity index (χ0) is 19.8. The smallest absolute Gasteiger partial charge is 0.132 e. The molecule has 0 saturated carbocycles. The van der Waals surface area contributed by atoms with Crippen LogP contribution in [-0.4, -0.2) is 20.6 Å². The molecule has 0 aliphatic carbocycles. The minimum atomic E-state index is 0.878. The quantitative estimate of drug-likeness (QED) is 0.147. The number of hydrogen-bond donors (Lipinski definition) is 0. The van der Waals surface area contributed by atoms with Gasteiger partial charge in [0, 0.05) is 0 Å². The van der Waals surface area contributed by atoms with E-state index in [1.54, 1.807) is 0 Å². The van der Waals surface area contributed by atoms with Gasteiger partial charge in [0.1, 0.15) is 12.2 Å². The van der Waals surface area contributed by atoms with Gasteiger partial charge >= 0.3 is 0 Å². The van der Waals surface area contributed by atoms with E-state index < -0.39 is 0 Å². The van der Waals surface area contributed by atoms with Crippen LogP contribution in [0.15, 0.2) is 36.9 Å². The Morgan fingerprint density at radius 1 is 0.704 bits per heavy atom. The first-order chi connectivity index (χ1) is 13.1. The lowest BCUT2D eigenvalue weighted by Gasteiger charge is -2.27. The summed E-state index contributed by atoms with van der Waals surface area (Å²) < 4.78 is 0.878. The molecule has 0 saturated heterocycles. The number of hydrogen-bond acceptors (Lipinski definition) is 0. The van der Waals surface area contributed by atoms with Crippen molar-refractivity contribution in [2.75, 3.05) is 20.6 Å². The summed E-state index contributed by atoms with van der Waals surface area (Å²) in [6.45, 7) is 7.14. The summed E-state index contributed by atoms with van der Waals surface area (Å²) in [7, 11) is 4.48. The summed E-state index contributed by atoms with van der Waals surface area (Å²) in [5.41, 5.74) is 2.85. The van der Waals surface area contributed by atoms with Crippen LogP contribution in [0.3, 0.4) is 0 Å². The van der Waals surface area contributed by atoms with Crippen LogP contribution in [0, 0.1) is 0 Å². The lowest BCUT2D eigenvalue weighted by atomic mass is 10.0. The van der Waals surface area contributed by atoms with Gasteiger partial charge in [-0.05, 0) is 36.6 Å². The summed E-state index contributed by atoms with van der Waals surface area (Å²) in [5, 5.41) is 0. The molecule has 1 aromatic carbocycles. The molecule has 1 heteroatoms. The molecule has 0 unspecified atom stereocenters. The van der Waals surface area contributed by atoms with Crippen LogP contribution in [0.5, 0.6) is 0 Å². The SMILES string of the molecule is C=CC[N+](C)(C)c1ccc(CCCCCCCCCCCCCCC)cc1. The predicted molar refractivity (Wildman–Crippen MR) is 125 cm³/mol. The third-order valence-corrected chi connectivity index (χ3v) is 5.79. The maximum absolute atomic E-state index is 3.87. The van der Waals surface area contributed by atoms with Gasteiger partial charge in [0.2, 0.25) is 0 Å². The van der Waals surface area contributed by atoms with Crippen molar-refractivity contribution in [2.24, 2.45) is 0 Å².